The van der Waals surface area contributed by atoms with Gasteiger partial charge in [0.2, 0.25) is 0 Å². The first-order chi connectivity index (χ1) is 7.85. The van der Waals surface area contributed by atoms with Gasteiger partial charge in [0.1, 0.15) is 6.71 Å². The zero-order valence-corrected chi connectivity index (χ0v) is 11.8. The van der Waals surface area contributed by atoms with Crippen LogP contribution >= 0.6 is 0 Å². The highest BCUT2D eigenvalue weighted by Crippen LogP contribution is 2.16. The number of rotatable bonds is 12. The first-order valence-electron chi connectivity index (χ1n) is 7.42. The third-order valence-electron chi connectivity index (χ3n) is 3.29. The third kappa shape index (κ3) is 10.5. The summed E-state index contributed by atoms with van der Waals surface area (Å²) in [5.74, 6) is 0. The van der Waals surface area contributed by atoms with Gasteiger partial charge in [-0.1, -0.05) is 64.9 Å². The Hall–Kier alpha value is 0.0249. The number of hydrogen-bond acceptors (Lipinski definition) is 1. The van der Waals surface area contributed by atoms with Crippen molar-refractivity contribution in [2.75, 3.05) is 13.2 Å². The van der Waals surface area contributed by atoms with Crippen molar-refractivity contribution in [1.29, 1.82) is 0 Å². The van der Waals surface area contributed by atoms with E-state index in [1.54, 1.807) is 0 Å². The maximum atomic E-state index is 5.38. The van der Waals surface area contributed by atoms with Gasteiger partial charge in [-0.2, -0.15) is 0 Å². The molecule has 0 fully saturated rings. The summed E-state index contributed by atoms with van der Waals surface area (Å²) >= 11 is 0. The van der Waals surface area contributed by atoms with Crippen molar-refractivity contribution in [3.05, 3.63) is 0 Å². The zero-order chi connectivity index (χ0) is 12.1. The molecule has 0 rings (SSSR count). The highest BCUT2D eigenvalue weighted by Gasteiger charge is 2.11. The molecule has 0 amide bonds. The standard InChI is InChI=1S/C14H31BO/c1-4-7-11-15(12-8-5-2)13-9-10-14-16-6-3/h4-14H2,1-3H3. The largest absolute Gasteiger partial charge is 0.382 e. The minimum Gasteiger partial charge on any atom is -0.382 e. The SMILES string of the molecule is CCCCB(CCCC)CCCCOCC. The molecule has 0 bridgehead atoms. The van der Waals surface area contributed by atoms with Crippen molar-refractivity contribution >= 4 is 6.71 Å². The van der Waals surface area contributed by atoms with Crippen LogP contribution in [0.2, 0.25) is 19.0 Å². The van der Waals surface area contributed by atoms with Crippen LogP contribution in [-0.4, -0.2) is 19.9 Å². The molecule has 0 heterocycles. The Balaban J connectivity index is 3.48. The Morgan fingerprint density at radius 2 is 1.31 bits per heavy atom. The van der Waals surface area contributed by atoms with Crippen LogP contribution in [0.3, 0.4) is 0 Å². The van der Waals surface area contributed by atoms with Gasteiger partial charge in [0, 0.05) is 13.2 Å². The summed E-state index contributed by atoms with van der Waals surface area (Å²) in [6.07, 6.45) is 12.5. The van der Waals surface area contributed by atoms with Crippen LogP contribution < -0.4 is 0 Å². The lowest BCUT2D eigenvalue weighted by atomic mass is 9.41. The number of unbranched alkanes of at least 4 members (excludes halogenated alkanes) is 3. The first-order valence-corrected chi connectivity index (χ1v) is 7.42. The molecular formula is C14H31BO. The second-order valence-corrected chi connectivity index (χ2v) is 4.84. The Kier molecular flexibility index (Phi) is 13.1. The molecule has 0 saturated heterocycles. The van der Waals surface area contributed by atoms with Gasteiger partial charge in [-0.25, -0.2) is 0 Å². The summed E-state index contributed by atoms with van der Waals surface area (Å²) in [4.78, 5) is 0. The van der Waals surface area contributed by atoms with Crippen LogP contribution in [0.15, 0.2) is 0 Å². The average molecular weight is 226 g/mol. The summed E-state index contributed by atoms with van der Waals surface area (Å²) in [7, 11) is 0. The Labute approximate surface area is 103 Å². The molecule has 2 heteroatoms. The van der Waals surface area contributed by atoms with E-state index < -0.39 is 0 Å². The average Bonchev–Trinajstić information content (AvgIpc) is 2.31. The van der Waals surface area contributed by atoms with Crippen LogP contribution in [0.5, 0.6) is 0 Å². The summed E-state index contributed by atoms with van der Waals surface area (Å²) in [5, 5.41) is 0. The van der Waals surface area contributed by atoms with E-state index in [0.717, 1.165) is 19.9 Å². The van der Waals surface area contributed by atoms with Crippen LogP contribution in [-0.2, 0) is 4.74 Å². The van der Waals surface area contributed by atoms with E-state index in [9.17, 15) is 0 Å². The molecule has 0 unspecified atom stereocenters. The van der Waals surface area contributed by atoms with Gasteiger partial charge in [0.15, 0.2) is 0 Å². The molecule has 0 atom stereocenters. The fourth-order valence-corrected chi connectivity index (χ4v) is 2.20. The predicted octanol–water partition coefficient (Wildman–Crippen LogP) is 4.90. The molecule has 96 valence electrons. The van der Waals surface area contributed by atoms with Crippen LogP contribution in [0.1, 0.15) is 59.3 Å². The van der Waals surface area contributed by atoms with Gasteiger partial charge in [-0.15, -0.1) is 0 Å². The highest BCUT2D eigenvalue weighted by atomic mass is 16.5. The molecule has 0 radical (unpaired) electrons. The van der Waals surface area contributed by atoms with E-state index in [-0.39, 0.29) is 0 Å². The van der Waals surface area contributed by atoms with Gasteiger partial charge in [-0.3, -0.25) is 0 Å². The number of ether oxygens (including phenoxy) is 1. The lowest BCUT2D eigenvalue weighted by molar-refractivity contribution is 0.144. The summed E-state index contributed by atoms with van der Waals surface area (Å²) in [6.45, 7) is 9.49. The van der Waals surface area contributed by atoms with Crippen molar-refractivity contribution < 1.29 is 4.74 Å². The highest BCUT2D eigenvalue weighted by molar-refractivity contribution is 6.58. The third-order valence-corrected chi connectivity index (χ3v) is 3.29. The van der Waals surface area contributed by atoms with E-state index in [1.165, 1.54) is 57.5 Å². The van der Waals surface area contributed by atoms with Gasteiger partial charge >= 0.3 is 0 Å². The van der Waals surface area contributed by atoms with Crippen LogP contribution in [0.4, 0.5) is 0 Å². The first kappa shape index (κ1) is 16.0. The van der Waals surface area contributed by atoms with E-state index in [0.29, 0.717) is 0 Å². The molecule has 0 saturated carbocycles. The summed E-state index contributed by atoms with van der Waals surface area (Å²) in [5.41, 5.74) is 0. The smallest absolute Gasteiger partial charge is 0.139 e. The quantitative estimate of drug-likeness (QED) is 0.340. The summed E-state index contributed by atoms with van der Waals surface area (Å²) in [6, 6.07) is 0. The second kappa shape index (κ2) is 13.1. The second-order valence-electron chi connectivity index (χ2n) is 4.84. The molecule has 1 nitrogen and oxygen atoms in total. The van der Waals surface area contributed by atoms with Crippen LogP contribution in [0.25, 0.3) is 0 Å². The molecule has 0 aliphatic rings. The monoisotopic (exact) mass is 226 g/mol. The Morgan fingerprint density at radius 1 is 0.750 bits per heavy atom. The molecule has 0 aromatic heterocycles. The Bertz CT molecular complexity index is 120. The zero-order valence-electron chi connectivity index (χ0n) is 11.8. The topological polar surface area (TPSA) is 9.23 Å². The minimum atomic E-state index is 0.870. The summed E-state index contributed by atoms with van der Waals surface area (Å²) < 4.78 is 5.38. The van der Waals surface area contributed by atoms with Gasteiger partial charge in [0.25, 0.3) is 0 Å². The van der Waals surface area contributed by atoms with E-state index >= 15 is 0 Å². The fraction of sp³-hybridized carbons (Fsp3) is 1.00. The van der Waals surface area contributed by atoms with Gasteiger partial charge < -0.3 is 4.74 Å². The van der Waals surface area contributed by atoms with E-state index in [2.05, 4.69) is 20.8 Å². The van der Waals surface area contributed by atoms with Crippen molar-refractivity contribution in [3.8, 4) is 0 Å². The van der Waals surface area contributed by atoms with Crippen molar-refractivity contribution in [2.45, 2.75) is 78.3 Å². The maximum Gasteiger partial charge on any atom is 0.139 e. The fourth-order valence-electron chi connectivity index (χ4n) is 2.20. The molecule has 0 aromatic rings. The van der Waals surface area contributed by atoms with E-state index in [4.69, 9.17) is 4.74 Å². The Morgan fingerprint density at radius 3 is 1.81 bits per heavy atom. The normalized spacial score (nSPS) is 10.7. The lowest BCUT2D eigenvalue weighted by Gasteiger charge is -2.12. The molecule has 0 N–H and O–H groups in total. The van der Waals surface area contributed by atoms with Gasteiger partial charge in [0.05, 0.1) is 0 Å². The van der Waals surface area contributed by atoms with Crippen molar-refractivity contribution in [2.24, 2.45) is 0 Å². The van der Waals surface area contributed by atoms with Crippen LogP contribution in [0, 0.1) is 0 Å². The minimum absolute atomic E-state index is 0.870. The van der Waals surface area contributed by atoms with E-state index in [1.807, 2.05) is 0 Å². The van der Waals surface area contributed by atoms with Crippen molar-refractivity contribution in [1.82, 2.24) is 0 Å². The molecular weight excluding hydrogens is 195 g/mol. The lowest BCUT2D eigenvalue weighted by Crippen LogP contribution is -2.12. The predicted molar refractivity (Wildman–Crippen MR) is 75.7 cm³/mol. The molecule has 0 aliphatic heterocycles. The molecule has 0 spiro atoms. The molecule has 16 heavy (non-hydrogen) atoms. The van der Waals surface area contributed by atoms with Crippen molar-refractivity contribution in [3.63, 3.8) is 0 Å². The molecule has 0 aliphatic carbocycles. The molecule has 0 aromatic carbocycles. The maximum absolute atomic E-state index is 5.38. The van der Waals surface area contributed by atoms with Gasteiger partial charge in [-0.05, 0) is 13.3 Å². The number of hydrogen-bond donors (Lipinski definition) is 0.